The van der Waals surface area contributed by atoms with Crippen molar-refractivity contribution in [1.82, 2.24) is 0 Å². The Bertz CT molecular complexity index is 1070. The molecule has 0 aliphatic rings. The minimum atomic E-state index is -3.79. The number of nitrogens with one attached hydrogen (secondary N) is 1. The molecule has 0 aliphatic carbocycles. The van der Waals surface area contributed by atoms with Gasteiger partial charge in [0.1, 0.15) is 5.76 Å². The topological polar surface area (TPSA) is 96.6 Å². The van der Waals surface area contributed by atoms with Crippen LogP contribution < -0.4 is 4.72 Å². The highest BCUT2D eigenvalue weighted by molar-refractivity contribution is 7.92. The number of halogens is 1. The molecule has 8 heteroatoms. The summed E-state index contributed by atoms with van der Waals surface area (Å²) in [6.07, 6.45) is 0. The van der Waals surface area contributed by atoms with Gasteiger partial charge in [0.15, 0.2) is 0 Å². The van der Waals surface area contributed by atoms with Gasteiger partial charge < -0.3 is 9.52 Å². The molecule has 1 heterocycles. The molecule has 0 bridgehead atoms. The SMILES string of the molecule is Cc1ccc(-c2ccc(C(=O)O)o2)cc1NS(=O)(=O)c1ccc(Cl)cc1. The van der Waals surface area contributed by atoms with E-state index in [4.69, 9.17) is 21.1 Å². The van der Waals surface area contributed by atoms with E-state index in [1.165, 1.54) is 36.4 Å². The molecule has 0 saturated carbocycles. The molecule has 3 aromatic rings. The van der Waals surface area contributed by atoms with Gasteiger partial charge in [-0.2, -0.15) is 0 Å². The summed E-state index contributed by atoms with van der Waals surface area (Å²) in [6, 6.07) is 13.7. The Morgan fingerprint density at radius 2 is 1.77 bits per heavy atom. The first kappa shape index (κ1) is 18.0. The van der Waals surface area contributed by atoms with Crippen LogP contribution in [0, 0.1) is 6.92 Å². The van der Waals surface area contributed by atoms with Crippen molar-refractivity contribution < 1.29 is 22.7 Å². The highest BCUT2D eigenvalue weighted by Gasteiger charge is 2.17. The third kappa shape index (κ3) is 3.74. The molecule has 0 unspecified atom stereocenters. The molecule has 134 valence electrons. The van der Waals surface area contributed by atoms with Gasteiger partial charge >= 0.3 is 5.97 Å². The summed E-state index contributed by atoms with van der Waals surface area (Å²) >= 11 is 5.79. The first-order chi connectivity index (χ1) is 12.3. The molecule has 0 saturated heterocycles. The number of carboxylic acid groups (broad SMARTS) is 1. The van der Waals surface area contributed by atoms with Gasteiger partial charge in [-0.1, -0.05) is 23.7 Å². The zero-order chi connectivity index (χ0) is 18.9. The molecule has 3 rings (SSSR count). The van der Waals surface area contributed by atoms with Gasteiger partial charge in [0.2, 0.25) is 5.76 Å². The van der Waals surface area contributed by atoms with Crippen LogP contribution in [0.4, 0.5) is 5.69 Å². The van der Waals surface area contributed by atoms with Gasteiger partial charge in [0.05, 0.1) is 10.6 Å². The van der Waals surface area contributed by atoms with E-state index in [2.05, 4.69) is 4.72 Å². The van der Waals surface area contributed by atoms with Gasteiger partial charge in [-0.25, -0.2) is 13.2 Å². The number of benzene rings is 2. The first-order valence-corrected chi connectivity index (χ1v) is 9.35. The Kier molecular flexibility index (Phi) is 4.76. The number of anilines is 1. The molecule has 6 nitrogen and oxygen atoms in total. The Labute approximate surface area is 155 Å². The van der Waals surface area contributed by atoms with E-state index in [9.17, 15) is 13.2 Å². The molecule has 2 aromatic carbocycles. The van der Waals surface area contributed by atoms with Crippen LogP contribution in [-0.2, 0) is 10.0 Å². The molecule has 0 atom stereocenters. The van der Waals surface area contributed by atoms with Crippen molar-refractivity contribution in [2.45, 2.75) is 11.8 Å². The quantitative estimate of drug-likeness (QED) is 0.671. The predicted molar refractivity (Wildman–Crippen MR) is 98.1 cm³/mol. The van der Waals surface area contributed by atoms with E-state index in [1.54, 1.807) is 25.1 Å². The molecule has 0 spiro atoms. The van der Waals surface area contributed by atoms with E-state index in [0.717, 1.165) is 0 Å². The Hall–Kier alpha value is -2.77. The Balaban J connectivity index is 1.95. The maximum absolute atomic E-state index is 12.6. The fourth-order valence-corrected chi connectivity index (χ4v) is 3.56. The second-order valence-electron chi connectivity index (χ2n) is 5.56. The molecule has 26 heavy (non-hydrogen) atoms. The second-order valence-corrected chi connectivity index (χ2v) is 7.68. The molecule has 0 aliphatic heterocycles. The van der Waals surface area contributed by atoms with Gasteiger partial charge in [-0.3, -0.25) is 4.72 Å². The van der Waals surface area contributed by atoms with E-state index in [-0.39, 0.29) is 10.7 Å². The Morgan fingerprint density at radius 1 is 1.08 bits per heavy atom. The summed E-state index contributed by atoms with van der Waals surface area (Å²) in [5.74, 6) is -1.04. The lowest BCUT2D eigenvalue weighted by Gasteiger charge is -2.12. The number of hydrogen-bond acceptors (Lipinski definition) is 4. The zero-order valence-electron chi connectivity index (χ0n) is 13.6. The average molecular weight is 392 g/mol. The largest absolute Gasteiger partial charge is 0.475 e. The zero-order valence-corrected chi connectivity index (χ0v) is 15.1. The van der Waals surface area contributed by atoms with Crippen LogP contribution in [0.3, 0.4) is 0 Å². The van der Waals surface area contributed by atoms with Gasteiger partial charge in [0, 0.05) is 10.6 Å². The summed E-state index contributed by atoms with van der Waals surface area (Å²) in [4.78, 5) is 11.0. The first-order valence-electron chi connectivity index (χ1n) is 7.49. The molecule has 2 N–H and O–H groups in total. The summed E-state index contributed by atoms with van der Waals surface area (Å²) in [5.41, 5.74) is 1.62. The van der Waals surface area contributed by atoms with Crippen LogP contribution in [0.25, 0.3) is 11.3 Å². The van der Waals surface area contributed by atoms with Gasteiger partial charge in [-0.05, 0) is 55.0 Å². The highest BCUT2D eigenvalue weighted by Crippen LogP contribution is 2.28. The van der Waals surface area contributed by atoms with Gasteiger partial charge in [-0.15, -0.1) is 0 Å². The van der Waals surface area contributed by atoms with Crippen molar-refractivity contribution in [3.05, 3.63) is 70.9 Å². The lowest BCUT2D eigenvalue weighted by molar-refractivity contribution is 0.0663. The van der Waals surface area contributed by atoms with Crippen molar-refractivity contribution in [2.75, 3.05) is 4.72 Å². The smallest absolute Gasteiger partial charge is 0.371 e. The fourth-order valence-electron chi connectivity index (χ4n) is 2.31. The van der Waals surface area contributed by atoms with Crippen LogP contribution in [0.15, 0.2) is 63.9 Å². The van der Waals surface area contributed by atoms with Crippen LogP contribution in [-0.4, -0.2) is 19.5 Å². The minimum absolute atomic E-state index is 0.0814. The number of carboxylic acids is 1. The third-order valence-corrected chi connectivity index (χ3v) is 5.34. The number of aromatic carboxylic acids is 1. The number of rotatable bonds is 5. The number of aryl methyl sites for hydroxylation is 1. The molecular weight excluding hydrogens is 378 g/mol. The number of carbonyl (C=O) groups is 1. The van der Waals surface area contributed by atoms with E-state index in [1.807, 2.05) is 0 Å². The lowest BCUT2D eigenvalue weighted by Crippen LogP contribution is -2.13. The number of sulfonamides is 1. The maximum atomic E-state index is 12.6. The normalized spacial score (nSPS) is 11.3. The monoisotopic (exact) mass is 391 g/mol. The lowest BCUT2D eigenvalue weighted by atomic mass is 10.1. The van der Waals surface area contributed by atoms with Crippen LogP contribution in [0.2, 0.25) is 5.02 Å². The molecule has 0 radical (unpaired) electrons. The van der Waals surface area contributed by atoms with Crippen molar-refractivity contribution in [2.24, 2.45) is 0 Å². The molecular formula is C18H14ClNO5S. The molecule has 0 amide bonds. The summed E-state index contributed by atoms with van der Waals surface area (Å²) in [7, 11) is -3.79. The second kappa shape index (κ2) is 6.86. The number of furan rings is 1. The molecule has 1 aromatic heterocycles. The van der Waals surface area contributed by atoms with Crippen LogP contribution in [0.5, 0.6) is 0 Å². The summed E-state index contributed by atoms with van der Waals surface area (Å²) in [6.45, 7) is 1.76. The van der Waals surface area contributed by atoms with Crippen molar-refractivity contribution in [3.63, 3.8) is 0 Å². The van der Waals surface area contributed by atoms with Crippen molar-refractivity contribution in [1.29, 1.82) is 0 Å². The fraction of sp³-hybridized carbons (Fsp3) is 0.0556. The van der Waals surface area contributed by atoms with Gasteiger partial charge in [0.25, 0.3) is 10.0 Å². The number of hydrogen-bond donors (Lipinski definition) is 2. The minimum Gasteiger partial charge on any atom is -0.475 e. The van der Waals surface area contributed by atoms with E-state index < -0.39 is 16.0 Å². The van der Waals surface area contributed by atoms with Crippen molar-refractivity contribution >= 4 is 33.3 Å². The standard InChI is InChI=1S/C18H14ClNO5S/c1-11-2-3-12(16-8-9-17(25-16)18(21)22)10-15(11)20-26(23,24)14-6-4-13(19)5-7-14/h2-10,20H,1H3,(H,21,22). The van der Waals surface area contributed by atoms with E-state index >= 15 is 0 Å². The van der Waals surface area contributed by atoms with Crippen LogP contribution in [0.1, 0.15) is 16.1 Å². The third-order valence-electron chi connectivity index (χ3n) is 3.71. The molecule has 0 fully saturated rings. The average Bonchev–Trinajstić information content (AvgIpc) is 3.07. The van der Waals surface area contributed by atoms with Crippen molar-refractivity contribution in [3.8, 4) is 11.3 Å². The highest BCUT2D eigenvalue weighted by atomic mass is 35.5. The predicted octanol–water partition coefficient (Wildman–Crippen LogP) is 4.41. The Morgan fingerprint density at radius 3 is 2.38 bits per heavy atom. The summed E-state index contributed by atoms with van der Waals surface area (Å²) < 4.78 is 32.9. The maximum Gasteiger partial charge on any atom is 0.371 e. The van der Waals surface area contributed by atoms with Crippen LogP contribution >= 0.6 is 11.6 Å². The van der Waals surface area contributed by atoms with E-state index in [0.29, 0.717) is 27.6 Å². The summed E-state index contributed by atoms with van der Waals surface area (Å²) in [5, 5.41) is 9.39.